The van der Waals surface area contributed by atoms with Gasteiger partial charge in [-0.05, 0) is 25.6 Å². The molecule has 15 heavy (non-hydrogen) atoms. The maximum Gasteiger partial charge on any atom is 0.0536 e. The number of rotatable bonds is 5. The van der Waals surface area contributed by atoms with Gasteiger partial charge in [0.1, 0.15) is 0 Å². The van der Waals surface area contributed by atoms with Gasteiger partial charge in [-0.3, -0.25) is 9.58 Å². The molecule has 1 atom stereocenters. The summed E-state index contributed by atoms with van der Waals surface area (Å²) in [5, 5.41) is 7.64. The van der Waals surface area contributed by atoms with E-state index in [9.17, 15) is 0 Å². The molecule has 0 radical (unpaired) electrons. The molecule has 1 saturated heterocycles. The molecule has 4 heteroatoms. The summed E-state index contributed by atoms with van der Waals surface area (Å²) in [5.74, 6) is 0. The summed E-state index contributed by atoms with van der Waals surface area (Å²) < 4.78 is 2.00. The van der Waals surface area contributed by atoms with Crippen molar-refractivity contribution in [2.75, 3.05) is 26.2 Å². The first kappa shape index (κ1) is 10.6. The SMILES string of the molecule is CCN(CCn1cccn1)C1CCNC1. The van der Waals surface area contributed by atoms with Crippen molar-refractivity contribution in [2.24, 2.45) is 0 Å². The number of aromatic nitrogens is 2. The van der Waals surface area contributed by atoms with E-state index in [-0.39, 0.29) is 0 Å². The number of likely N-dealkylation sites (N-methyl/N-ethyl adjacent to an activating group) is 1. The highest BCUT2D eigenvalue weighted by Gasteiger charge is 2.20. The number of nitrogens with one attached hydrogen (secondary N) is 1. The van der Waals surface area contributed by atoms with Crippen LogP contribution >= 0.6 is 0 Å². The van der Waals surface area contributed by atoms with Gasteiger partial charge < -0.3 is 5.32 Å². The molecule has 1 aliphatic rings. The van der Waals surface area contributed by atoms with E-state index in [0.29, 0.717) is 0 Å². The highest BCUT2D eigenvalue weighted by molar-refractivity contribution is 4.81. The Balaban J connectivity index is 1.80. The summed E-state index contributed by atoms with van der Waals surface area (Å²) >= 11 is 0. The van der Waals surface area contributed by atoms with Crippen LogP contribution in [-0.2, 0) is 6.54 Å². The second kappa shape index (κ2) is 5.28. The lowest BCUT2D eigenvalue weighted by Gasteiger charge is -2.26. The number of nitrogens with zero attached hydrogens (tertiary/aromatic N) is 3. The molecule has 0 aliphatic carbocycles. The van der Waals surface area contributed by atoms with E-state index in [0.717, 1.165) is 32.2 Å². The van der Waals surface area contributed by atoms with Gasteiger partial charge in [-0.2, -0.15) is 5.10 Å². The van der Waals surface area contributed by atoms with Gasteiger partial charge in [0.2, 0.25) is 0 Å². The van der Waals surface area contributed by atoms with Crippen molar-refractivity contribution < 1.29 is 0 Å². The average molecular weight is 208 g/mol. The maximum atomic E-state index is 4.22. The van der Waals surface area contributed by atoms with E-state index in [2.05, 4.69) is 22.2 Å². The van der Waals surface area contributed by atoms with Crippen LogP contribution in [0.1, 0.15) is 13.3 Å². The van der Waals surface area contributed by atoms with E-state index >= 15 is 0 Å². The van der Waals surface area contributed by atoms with Gasteiger partial charge >= 0.3 is 0 Å². The first-order valence-corrected chi connectivity index (χ1v) is 5.82. The third kappa shape index (κ3) is 2.79. The molecule has 2 rings (SSSR count). The predicted molar refractivity (Wildman–Crippen MR) is 60.7 cm³/mol. The maximum absolute atomic E-state index is 4.22. The van der Waals surface area contributed by atoms with Crippen molar-refractivity contribution in [1.82, 2.24) is 20.0 Å². The van der Waals surface area contributed by atoms with Crippen LogP contribution in [0.2, 0.25) is 0 Å². The van der Waals surface area contributed by atoms with Crippen molar-refractivity contribution >= 4 is 0 Å². The van der Waals surface area contributed by atoms with Crippen LogP contribution < -0.4 is 5.32 Å². The lowest BCUT2D eigenvalue weighted by Crippen LogP contribution is -2.38. The molecule has 1 aromatic heterocycles. The quantitative estimate of drug-likeness (QED) is 0.768. The fraction of sp³-hybridized carbons (Fsp3) is 0.727. The molecule has 1 N–H and O–H groups in total. The predicted octanol–water partition coefficient (Wildman–Crippen LogP) is 0.567. The third-order valence-electron chi connectivity index (χ3n) is 3.13. The van der Waals surface area contributed by atoms with Crippen molar-refractivity contribution in [3.63, 3.8) is 0 Å². The largest absolute Gasteiger partial charge is 0.315 e. The molecule has 0 bridgehead atoms. The zero-order valence-corrected chi connectivity index (χ0v) is 9.39. The average Bonchev–Trinajstić information content (AvgIpc) is 2.90. The van der Waals surface area contributed by atoms with Gasteiger partial charge in [0, 0.05) is 31.5 Å². The van der Waals surface area contributed by atoms with Crippen LogP contribution in [0.25, 0.3) is 0 Å². The molecule has 1 aliphatic heterocycles. The van der Waals surface area contributed by atoms with Crippen LogP contribution in [0, 0.1) is 0 Å². The van der Waals surface area contributed by atoms with E-state index < -0.39 is 0 Å². The Kier molecular flexibility index (Phi) is 3.75. The fourth-order valence-electron chi connectivity index (χ4n) is 2.21. The Morgan fingerprint density at radius 3 is 3.13 bits per heavy atom. The van der Waals surface area contributed by atoms with Crippen molar-refractivity contribution in [3.8, 4) is 0 Å². The van der Waals surface area contributed by atoms with Crippen molar-refractivity contribution in [2.45, 2.75) is 25.9 Å². The first-order valence-electron chi connectivity index (χ1n) is 5.82. The zero-order valence-electron chi connectivity index (χ0n) is 9.39. The molecule has 2 heterocycles. The molecule has 0 saturated carbocycles. The van der Waals surface area contributed by atoms with Gasteiger partial charge in [0.05, 0.1) is 6.54 Å². The summed E-state index contributed by atoms with van der Waals surface area (Å²) in [5.41, 5.74) is 0. The van der Waals surface area contributed by atoms with Crippen LogP contribution in [0.5, 0.6) is 0 Å². The summed E-state index contributed by atoms with van der Waals surface area (Å²) in [7, 11) is 0. The smallest absolute Gasteiger partial charge is 0.0536 e. The minimum atomic E-state index is 0.727. The van der Waals surface area contributed by atoms with Gasteiger partial charge in [-0.1, -0.05) is 6.92 Å². The molecule has 0 aromatic carbocycles. The minimum Gasteiger partial charge on any atom is -0.315 e. The molecule has 4 nitrogen and oxygen atoms in total. The van der Waals surface area contributed by atoms with Gasteiger partial charge in [0.25, 0.3) is 0 Å². The third-order valence-corrected chi connectivity index (χ3v) is 3.13. The van der Waals surface area contributed by atoms with Crippen molar-refractivity contribution in [1.29, 1.82) is 0 Å². The second-order valence-electron chi connectivity index (χ2n) is 4.04. The Labute approximate surface area is 91.3 Å². The first-order chi connectivity index (χ1) is 7.40. The van der Waals surface area contributed by atoms with E-state index in [1.54, 1.807) is 0 Å². The molecule has 1 fully saturated rings. The van der Waals surface area contributed by atoms with E-state index in [1.165, 1.54) is 13.0 Å². The summed E-state index contributed by atoms with van der Waals surface area (Å²) in [6, 6.07) is 2.71. The van der Waals surface area contributed by atoms with E-state index in [1.807, 2.05) is 23.1 Å². The minimum absolute atomic E-state index is 0.727. The summed E-state index contributed by atoms with van der Waals surface area (Å²) in [4.78, 5) is 2.54. The Bertz CT molecular complexity index is 264. The highest BCUT2D eigenvalue weighted by Crippen LogP contribution is 2.07. The molecule has 0 amide bonds. The monoisotopic (exact) mass is 208 g/mol. The molecule has 1 unspecified atom stereocenters. The topological polar surface area (TPSA) is 33.1 Å². The molecular weight excluding hydrogens is 188 g/mol. The normalized spacial score (nSPS) is 21.3. The van der Waals surface area contributed by atoms with Crippen LogP contribution in [0.4, 0.5) is 0 Å². The van der Waals surface area contributed by atoms with Crippen LogP contribution in [0.15, 0.2) is 18.5 Å². The summed E-state index contributed by atoms with van der Waals surface area (Å²) in [6.45, 7) is 7.78. The van der Waals surface area contributed by atoms with Crippen LogP contribution in [0.3, 0.4) is 0 Å². The highest BCUT2D eigenvalue weighted by atomic mass is 15.3. The second-order valence-corrected chi connectivity index (χ2v) is 4.04. The van der Waals surface area contributed by atoms with Gasteiger partial charge in [-0.15, -0.1) is 0 Å². The standard InChI is InChI=1S/C11H20N4/c1-2-14(11-4-6-12-10-11)8-9-15-7-3-5-13-15/h3,5,7,11-12H,2,4,6,8-10H2,1H3. The lowest BCUT2D eigenvalue weighted by molar-refractivity contribution is 0.208. The number of hydrogen-bond acceptors (Lipinski definition) is 3. The molecular formula is C11H20N4. The van der Waals surface area contributed by atoms with Crippen LogP contribution in [-0.4, -0.2) is 46.9 Å². The molecule has 84 valence electrons. The van der Waals surface area contributed by atoms with E-state index in [4.69, 9.17) is 0 Å². The fourth-order valence-corrected chi connectivity index (χ4v) is 2.21. The van der Waals surface area contributed by atoms with Crippen molar-refractivity contribution in [3.05, 3.63) is 18.5 Å². The zero-order chi connectivity index (χ0) is 10.5. The molecule has 1 aromatic rings. The molecule has 0 spiro atoms. The summed E-state index contributed by atoms with van der Waals surface area (Å²) in [6.07, 6.45) is 5.15. The van der Waals surface area contributed by atoms with Gasteiger partial charge in [-0.25, -0.2) is 0 Å². The van der Waals surface area contributed by atoms with Gasteiger partial charge in [0.15, 0.2) is 0 Å². The lowest BCUT2D eigenvalue weighted by atomic mass is 10.2. The Hall–Kier alpha value is -0.870. The Morgan fingerprint density at radius 2 is 2.53 bits per heavy atom. The Morgan fingerprint density at radius 1 is 1.60 bits per heavy atom. The number of hydrogen-bond donors (Lipinski definition) is 1.